The summed E-state index contributed by atoms with van der Waals surface area (Å²) < 4.78 is 15.8. The number of ether oxygens (including phenoxy) is 3. The Morgan fingerprint density at radius 2 is 1.77 bits per heavy atom. The second kappa shape index (κ2) is 7.55. The Labute approximate surface area is 131 Å². The van der Waals surface area contributed by atoms with Crippen LogP contribution in [0.2, 0.25) is 0 Å². The molecule has 2 N–H and O–H groups in total. The highest BCUT2D eigenvalue weighted by atomic mass is 16.6. The van der Waals surface area contributed by atoms with Crippen molar-refractivity contribution >= 4 is 5.97 Å². The largest absolute Gasteiger partial charge is 0.462 e. The van der Waals surface area contributed by atoms with E-state index in [1.807, 2.05) is 6.92 Å². The van der Waals surface area contributed by atoms with Crippen LogP contribution in [0, 0.1) is 11.3 Å². The van der Waals surface area contributed by atoms with Gasteiger partial charge < -0.3 is 24.4 Å². The van der Waals surface area contributed by atoms with Gasteiger partial charge in [-0.1, -0.05) is 13.5 Å². The summed E-state index contributed by atoms with van der Waals surface area (Å²) in [5, 5.41) is 18.8. The third-order valence-electron chi connectivity index (χ3n) is 4.58. The van der Waals surface area contributed by atoms with Gasteiger partial charge in [0.15, 0.2) is 0 Å². The van der Waals surface area contributed by atoms with Crippen LogP contribution in [0.5, 0.6) is 0 Å². The third-order valence-corrected chi connectivity index (χ3v) is 4.58. The maximum absolute atomic E-state index is 12.2. The molecule has 126 valence electrons. The number of carbonyl (C=O) groups is 1. The van der Waals surface area contributed by atoms with E-state index in [0.29, 0.717) is 12.0 Å². The molecule has 0 aromatic heterocycles. The van der Waals surface area contributed by atoms with Crippen LogP contribution in [-0.2, 0) is 19.0 Å². The van der Waals surface area contributed by atoms with Crippen LogP contribution in [0.25, 0.3) is 0 Å². The normalized spacial score (nSPS) is 24.7. The molecule has 6 nitrogen and oxygen atoms in total. The summed E-state index contributed by atoms with van der Waals surface area (Å²) in [6.07, 6.45) is 2.45. The molecule has 0 aromatic carbocycles. The van der Waals surface area contributed by atoms with E-state index in [1.165, 1.54) is 0 Å². The number of carbonyl (C=O) groups excluding carboxylic acids is 1. The molecule has 0 spiro atoms. The Morgan fingerprint density at radius 1 is 1.27 bits per heavy atom. The Morgan fingerprint density at radius 3 is 2.14 bits per heavy atom. The summed E-state index contributed by atoms with van der Waals surface area (Å²) in [6, 6.07) is 0. The lowest BCUT2D eigenvalue weighted by Crippen LogP contribution is -2.36. The molecule has 2 fully saturated rings. The zero-order chi connectivity index (χ0) is 16.2. The summed E-state index contributed by atoms with van der Waals surface area (Å²) in [6.45, 7) is 6.73. The van der Waals surface area contributed by atoms with E-state index in [4.69, 9.17) is 14.2 Å². The molecule has 22 heavy (non-hydrogen) atoms. The first-order valence-corrected chi connectivity index (χ1v) is 7.84. The van der Waals surface area contributed by atoms with Gasteiger partial charge in [0.25, 0.3) is 0 Å². The van der Waals surface area contributed by atoms with Gasteiger partial charge in [0.2, 0.25) is 0 Å². The molecule has 2 rings (SSSR count). The molecule has 2 aliphatic rings. The van der Waals surface area contributed by atoms with E-state index in [-0.39, 0.29) is 37.9 Å². The predicted octanol–water partition coefficient (Wildman–Crippen LogP) is 0.661. The van der Waals surface area contributed by atoms with Crippen LogP contribution in [0.3, 0.4) is 0 Å². The molecule has 2 saturated heterocycles. The van der Waals surface area contributed by atoms with Crippen LogP contribution in [0.1, 0.15) is 26.2 Å². The van der Waals surface area contributed by atoms with Crippen LogP contribution in [0.4, 0.5) is 0 Å². The van der Waals surface area contributed by atoms with E-state index in [9.17, 15) is 15.0 Å². The van der Waals surface area contributed by atoms with Gasteiger partial charge in [-0.2, -0.15) is 0 Å². The molecule has 0 radical (unpaired) electrons. The molecule has 0 saturated carbocycles. The SMILES string of the molecule is C=C(C(=O)OCC(CC)(CO)CO)C(CC1CO1)CC1CO1. The summed E-state index contributed by atoms with van der Waals surface area (Å²) in [5.74, 6) is -0.474. The van der Waals surface area contributed by atoms with E-state index < -0.39 is 11.4 Å². The number of epoxide rings is 2. The zero-order valence-corrected chi connectivity index (χ0v) is 13.1. The van der Waals surface area contributed by atoms with Crippen LogP contribution >= 0.6 is 0 Å². The molecule has 6 heteroatoms. The maximum atomic E-state index is 12.2. The second-order valence-corrected chi connectivity index (χ2v) is 6.35. The second-order valence-electron chi connectivity index (χ2n) is 6.35. The number of hydrogen-bond acceptors (Lipinski definition) is 6. The Kier molecular flexibility index (Phi) is 5.97. The Bertz CT molecular complexity index is 373. The lowest BCUT2D eigenvalue weighted by atomic mass is 9.88. The average Bonchev–Trinajstić information content (AvgIpc) is 3.43. The van der Waals surface area contributed by atoms with E-state index >= 15 is 0 Å². The molecule has 0 bridgehead atoms. The third kappa shape index (κ3) is 4.78. The van der Waals surface area contributed by atoms with Gasteiger partial charge >= 0.3 is 5.97 Å². The van der Waals surface area contributed by atoms with Crippen molar-refractivity contribution in [3.05, 3.63) is 12.2 Å². The van der Waals surface area contributed by atoms with Crippen molar-refractivity contribution in [2.24, 2.45) is 11.3 Å². The van der Waals surface area contributed by atoms with Gasteiger partial charge in [0.05, 0.1) is 44.1 Å². The highest BCUT2D eigenvalue weighted by Gasteiger charge is 2.36. The van der Waals surface area contributed by atoms with Crippen molar-refractivity contribution in [2.45, 2.75) is 38.4 Å². The summed E-state index contributed by atoms with van der Waals surface area (Å²) >= 11 is 0. The van der Waals surface area contributed by atoms with Crippen LogP contribution < -0.4 is 0 Å². The van der Waals surface area contributed by atoms with Gasteiger partial charge in [-0.25, -0.2) is 4.79 Å². The smallest absolute Gasteiger partial charge is 0.333 e. The lowest BCUT2D eigenvalue weighted by molar-refractivity contribution is -0.145. The van der Waals surface area contributed by atoms with Gasteiger partial charge in [-0.3, -0.25) is 0 Å². The van der Waals surface area contributed by atoms with Gasteiger partial charge in [-0.05, 0) is 25.2 Å². The van der Waals surface area contributed by atoms with Gasteiger partial charge in [0.1, 0.15) is 6.61 Å². The van der Waals surface area contributed by atoms with Crippen LogP contribution in [-0.4, -0.2) is 61.4 Å². The quantitative estimate of drug-likeness (QED) is 0.331. The number of aliphatic hydroxyl groups excluding tert-OH is 2. The highest BCUT2D eigenvalue weighted by Crippen LogP contribution is 2.32. The minimum atomic E-state index is -0.787. The first-order chi connectivity index (χ1) is 10.5. The summed E-state index contributed by atoms with van der Waals surface area (Å²) in [7, 11) is 0. The Hall–Kier alpha value is -0.950. The number of aliphatic hydroxyl groups is 2. The van der Waals surface area contributed by atoms with Gasteiger partial charge in [-0.15, -0.1) is 0 Å². The topological polar surface area (TPSA) is 91.8 Å². The molecular weight excluding hydrogens is 288 g/mol. The summed E-state index contributed by atoms with van der Waals surface area (Å²) in [4.78, 5) is 12.2. The van der Waals surface area contributed by atoms with Crippen molar-refractivity contribution in [3.63, 3.8) is 0 Å². The molecular formula is C16H26O6. The highest BCUT2D eigenvalue weighted by molar-refractivity contribution is 5.88. The molecule has 0 aromatic rings. The lowest BCUT2D eigenvalue weighted by Gasteiger charge is -2.28. The Balaban J connectivity index is 1.86. The van der Waals surface area contributed by atoms with E-state index in [2.05, 4.69) is 6.58 Å². The first kappa shape index (κ1) is 17.4. The average molecular weight is 314 g/mol. The number of esters is 1. The van der Waals surface area contributed by atoms with E-state index in [1.54, 1.807) is 0 Å². The molecule has 2 unspecified atom stereocenters. The molecule has 2 aliphatic heterocycles. The molecule has 2 heterocycles. The molecule has 0 aliphatic carbocycles. The van der Waals surface area contributed by atoms with Crippen molar-refractivity contribution in [1.29, 1.82) is 0 Å². The molecule has 2 atom stereocenters. The predicted molar refractivity (Wildman–Crippen MR) is 79.2 cm³/mol. The minimum absolute atomic E-state index is 0.00761. The molecule has 0 amide bonds. The summed E-state index contributed by atoms with van der Waals surface area (Å²) in [5.41, 5.74) is -0.364. The van der Waals surface area contributed by atoms with Crippen molar-refractivity contribution in [3.8, 4) is 0 Å². The monoisotopic (exact) mass is 314 g/mol. The van der Waals surface area contributed by atoms with Crippen molar-refractivity contribution < 1.29 is 29.2 Å². The minimum Gasteiger partial charge on any atom is -0.462 e. The first-order valence-electron chi connectivity index (χ1n) is 7.84. The number of rotatable bonds is 11. The maximum Gasteiger partial charge on any atom is 0.333 e. The van der Waals surface area contributed by atoms with Gasteiger partial charge in [0, 0.05) is 5.57 Å². The number of hydrogen-bond donors (Lipinski definition) is 2. The van der Waals surface area contributed by atoms with E-state index in [0.717, 1.165) is 26.1 Å². The zero-order valence-electron chi connectivity index (χ0n) is 13.1. The fourth-order valence-electron chi connectivity index (χ4n) is 2.37. The van der Waals surface area contributed by atoms with Crippen molar-refractivity contribution in [1.82, 2.24) is 0 Å². The van der Waals surface area contributed by atoms with Crippen molar-refractivity contribution in [2.75, 3.05) is 33.0 Å². The fraction of sp³-hybridized carbons (Fsp3) is 0.812. The standard InChI is InChI=1S/C16H26O6/c1-3-16(8-17,9-18)10-22-15(19)11(2)12(4-13-6-20-13)5-14-7-21-14/h12-14,17-18H,2-10H2,1H3. The fourth-order valence-corrected chi connectivity index (χ4v) is 2.37. The van der Waals surface area contributed by atoms with Crippen LogP contribution in [0.15, 0.2) is 12.2 Å².